The fraction of sp³-hybridized carbons (Fsp3) is 0.714. The molecule has 2 unspecified atom stereocenters. The Kier molecular flexibility index (Phi) is 4.19. The average Bonchev–Trinajstić information content (AvgIpc) is 1.99. The number of aliphatic imine (C=N–C) groups is 1. The van der Waals surface area contributed by atoms with E-state index in [0.29, 0.717) is 0 Å². The first-order valence-corrected chi connectivity index (χ1v) is 3.22. The van der Waals surface area contributed by atoms with Crippen molar-refractivity contribution in [1.82, 2.24) is 0 Å². The van der Waals surface area contributed by atoms with Crippen molar-refractivity contribution in [3.8, 4) is 6.07 Å². The Labute approximate surface area is 60.4 Å². The molecule has 0 aliphatic carbocycles. The standard InChI is InChI=1S/C7H10N2O/c1-3-6(2)7(4-8)9-5-10/h6-7H,3H2,1-2H3. The first-order chi connectivity index (χ1) is 4.76. The summed E-state index contributed by atoms with van der Waals surface area (Å²) in [6.45, 7) is 3.84. The second kappa shape index (κ2) is 4.72. The zero-order valence-corrected chi connectivity index (χ0v) is 6.16. The van der Waals surface area contributed by atoms with Crippen molar-refractivity contribution < 1.29 is 4.79 Å². The van der Waals surface area contributed by atoms with Crippen molar-refractivity contribution in [2.24, 2.45) is 10.9 Å². The molecule has 0 aromatic rings. The molecule has 0 bridgehead atoms. The lowest BCUT2D eigenvalue weighted by atomic mass is 10.0. The van der Waals surface area contributed by atoms with E-state index >= 15 is 0 Å². The second-order valence-electron chi connectivity index (χ2n) is 2.18. The molecule has 10 heavy (non-hydrogen) atoms. The van der Waals surface area contributed by atoms with Crippen molar-refractivity contribution in [3.05, 3.63) is 0 Å². The highest BCUT2D eigenvalue weighted by Gasteiger charge is 2.12. The smallest absolute Gasteiger partial charge is 0.211 e. The molecule has 0 saturated heterocycles. The fourth-order valence-electron chi connectivity index (χ4n) is 0.563. The molecule has 0 aromatic heterocycles. The lowest BCUT2D eigenvalue weighted by Crippen LogP contribution is -2.11. The summed E-state index contributed by atoms with van der Waals surface area (Å²) in [5, 5.41) is 8.44. The van der Waals surface area contributed by atoms with Gasteiger partial charge in [0.2, 0.25) is 6.08 Å². The Morgan fingerprint density at radius 2 is 2.30 bits per heavy atom. The molecule has 0 heterocycles. The van der Waals surface area contributed by atoms with Gasteiger partial charge in [-0.3, -0.25) is 0 Å². The maximum absolute atomic E-state index is 9.75. The molecule has 0 rings (SSSR count). The second-order valence-corrected chi connectivity index (χ2v) is 2.18. The molecule has 2 atom stereocenters. The van der Waals surface area contributed by atoms with E-state index in [4.69, 9.17) is 5.26 Å². The molecular formula is C7H10N2O. The van der Waals surface area contributed by atoms with Crippen LogP contribution in [-0.4, -0.2) is 12.1 Å². The summed E-state index contributed by atoms with van der Waals surface area (Å²) >= 11 is 0. The van der Waals surface area contributed by atoms with E-state index < -0.39 is 6.04 Å². The molecule has 0 radical (unpaired) electrons. The van der Waals surface area contributed by atoms with Gasteiger partial charge in [0.25, 0.3) is 0 Å². The van der Waals surface area contributed by atoms with Crippen LogP contribution in [0.4, 0.5) is 0 Å². The first kappa shape index (κ1) is 8.87. The normalized spacial score (nSPS) is 14.5. The molecule has 54 valence electrons. The molecule has 0 saturated carbocycles. The predicted molar refractivity (Wildman–Crippen MR) is 37.0 cm³/mol. The van der Waals surface area contributed by atoms with Crippen molar-refractivity contribution in [2.75, 3.05) is 0 Å². The Bertz CT molecular complexity index is 177. The van der Waals surface area contributed by atoms with Crippen LogP contribution in [0.15, 0.2) is 4.99 Å². The number of hydrogen-bond acceptors (Lipinski definition) is 3. The van der Waals surface area contributed by atoms with Crippen LogP contribution in [0.5, 0.6) is 0 Å². The molecule has 0 aliphatic rings. The van der Waals surface area contributed by atoms with E-state index in [0.717, 1.165) is 6.42 Å². The number of hydrogen-bond donors (Lipinski definition) is 0. The molecule has 0 aromatic carbocycles. The van der Waals surface area contributed by atoms with Gasteiger partial charge in [-0.2, -0.15) is 10.3 Å². The van der Waals surface area contributed by atoms with Crippen molar-refractivity contribution >= 4 is 6.08 Å². The Morgan fingerprint density at radius 3 is 2.60 bits per heavy atom. The van der Waals surface area contributed by atoms with Gasteiger partial charge in [0, 0.05) is 0 Å². The lowest BCUT2D eigenvalue weighted by molar-refractivity contribution is 0.502. The van der Waals surface area contributed by atoms with E-state index in [9.17, 15) is 4.79 Å². The molecule has 3 nitrogen and oxygen atoms in total. The molecule has 0 aliphatic heterocycles. The third-order valence-electron chi connectivity index (χ3n) is 1.51. The van der Waals surface area contributed by atoms with E-state index in [-0.39, 0.29) is 5.92 Å². The maximum atomic E-state index is 9.75. The summed E-state index contributed by atoms with van der Waals surface area (Å²) < 4.78 is 0. The third kappa shape index (κ3) is 2.43. The van der Waals surface area contributed by atoms with Gasteiger partial charge in [-0.15, -0.1) is 0 Å². The highest BCUT2D eigenvalue weighted by molar-refractivity contribution is 5.34. The van der Waals surface area contributed by atoms with Crippen LogP contribution in [0, 0.1) is 17.2 Å². The summed E-state index contributed by atoms with van der Waals surface area (Å²) in [4.78, 5) is 13.1. The van der Waals surface area contributed by atoms with Crippen molar-refractivity contribution in [1.29, 1.82) is 5.26 Å². The summed E-state index contributed by atoms with van der Waals surface area (Å²) in [5.74, 6) is 0.145. The highest BCUT2D eigenvalue weighted by Crippen LogP contribution is 2.08. The van der Waals surface area contributed by atoms with Gasteiger partial charge < -0.3 is 0 Å². The number of carbonyl (C=O) groups excluding carboxylic acids is 1. The molecule has 3 heteroatoms. The molecule has 0 fully saturated rings. The van der Waals surface area contributed by atoms with Crippen LogP contribution in [-0.2, 0) is 4.79 Å². The highest BCUT2D eigenvalue weighted by atomic mass is 16.1. The van der Waals surface area contributed by atoms with E-state index in [1.807, 2.05) is 19.9 Å². The predicted octanol–water partition coefficient (Wildman–Crippen LogP) is 1.26. The zero-order chi connectivity index (χ0) is 7.98. The minimum atomic E-state index is -0.512. The Balaban J connectivity index is 4.09. The number of isocyanates is 1. The van der Waals surface area contributed by atoms with Gasteiger partial charge in [0.15, 0.2) is 6.04 Å². The minimum Gasteiger partial charge on any atom is -0.211 e. The van der Waals surface area contributed by atoms with Gasteiger partial charge in [-0.1, -0.05) is 20.3 Å². The number of nitriles is 1. The molecule has 0 spiro atoms. The number of rotatable bonds is 3. The van der Waals surface area contributed by atoms with Crippen LogP contribution in [0.1, 0.15) is 20.3 Å². The van der Waals surface area contributed by atoms with E-state index in [1.165, 1.54) is 6.08 Å². The summed E-state index contributed by atoms with van der Waals surface area (Å²) in [6.07, 6.45) is 2.24. The topological polar surface area (TPSA) is 53.2 Å². The van der Waals surface area contributed by atoms with Crippen molar-refractivity contribution in [2.45, 2.75) is 26.3 Å². The van der Waals surface area contributed by atoms with Crippen LogP contribution < -0.4 is 0 Å². The third-order valence-corrected chi connectivity index (χ3v) is 1.51. The fourth-order valence-corrected chi connectivity index (χ4v) is 0.563. The summed E-state index contributed by atoms with van der Waals surface area (Å²) in [7, 11) is 0. The Morgan fingerprint density at radius 1 is 1.70 bits per heavy atom. The van der Waals surface area contributed by atoms with Crippen molar-refractivity contribution in [3.63, 3.8) is 0 Å². The maximum Gasteiger partial charge on any atom is 0.236 e. The van der Waals surface area contributed by atoms with Crippen LogP contribution in [0.2, 0.25) is 0 Å². The quantitative estimate of drug-likeness (QED) is 0.435. The van der Waals surface area contributed by atoms with Gasteiger partial charge in [-0.25, -0.2) is 4.79 Å². The number of nitrogens with zero attached hydrogens (tertiary/aromatic N) is 2. The van der Waals surface area contributed by atoms with E-state index in [1.54, 1.807) is 0 Å². The Hall–Kier alpha value is -1.13. The molecular weight excluding hydrogens is 128 g/mol. The van der Waals surface area contributed by atoms with Gasteiger partial charge in [-0.05, 0) is 5.92 Å². The van der Waals surface area contributed by atoms with Gasteiger partial charge in [0.1, 0.15) is 0 Å². The summed E-state index contributed by atoms with van der Waals surface area (Å²) in [6, 6.07) is 1.41. The largest absolute Gasteiger partial charge is 0.236 e. The zero-order valence-electron chi connectivity index (χ0n) is 6.16. The van der Waals surface area contributed by atoms with Crippen LogP contribution >= 0.6 is 0 Å². The lowest BCUT2D eigenvalue weighted by Gasteiger charge is -2.07. The van der Waals surface area contributed by atoms with E-state index in [2.05, 4.69) is 4.99 Å². The van der Waals surface area contributed by atoms with Crippen LogP contribution in [0.3, 0.4) is 0 Å². The minimum absolute atomic E-state index is 0.145. The monoisotopic (exact) mass is 138 g/mol. The first-order valence-electron chi connectivity index (χ1n) is 3.22. The van der Waals surface area contributed by atoms with Gasteiger partial charge in [0.05, 0.1) is 6.07 Å². The SMILES string of the molecule is CCC(C)C(C#N)N=C=O. The van der Waals surface area contributed by atoms with Crippen LogP contribution in [0.25, 0.3) is 0 Å². The summed E-state index contributed by atoms with van der Waals surface area (Å²) in [5.41, 5.74) is 0. The van der Waals surface area contributed by atoms with Gasteiger partial charge >= 0.3 is 0 Å². The molecule has 0 amide bonds. The average molecular weight is 138 g/mol. The molecule has 0 N–H and O–H groups in total.